The van der Waals surface area contributed by atoms with Crippen LogP contribution >= 0.6 is 0 Å². The van der Waals surface area contributed by atoms with Gasteiger partial charge in [0.15, 0.2) is 0 Å². The highest BCUT2D eigenvalue weighted by Gasteiger charge is 2.12. The van der Waals surface area contributed by atoms with Gasteiger partial charge in [-0.1, -0.05) is 194 Å². The molecule has 0 aliphatic carbocycles. The lowest BCUT2D eigenvalue weighted by atomic mass is 9.94. The number of ether oxygens (including phenoxy) is 3. The van der Waals surface area contributed by atoms with Crippen LogP contribution in [0, 0.1) is 5.92 Å². The molecular weight excluding hydrogens is 570 g/mol. The third kappa shape index (κ3) is 37.6. The Hall–Kier alpha value is -0.810. The maximum Gasteiger partial charge on any atom is 0.407 e. The normalized spacial score (nSPS) is 11.5. The molecule has 0 bridgehead atoms. The van der Waals surface area contributed by atoms with Gasteiger partial charge in [-0.3, -0.25) is 0 Å². The number of carbonyl (C=O) groups excluding carboxylic acids is 1. The van der Waals surface area contributed by atoms with E-state index in [1.807, 2.05) is 0 Å². The number of hydrogen-bond acceptors (Lipinski definition) is 4. The number of amides is 1. The Labute approximate surface area is 288 Å². The van der Waals surface area contributed by atoms with Gasteiger partial charge in [-0.25, -0.2) is 4.79 Å². The monoisotopic (exact) mass is 654 g/mol. The molecule has 1 N–H and O–H groups in total. The molecule has 0 saturated carbocycles. The molecule has 0 aromatic rings. The molecule has 0 heterocycles. The van der Waals surface area contributed by atoms with Crippen LogP contribution in [0.1, 0.15) is 213 Å². The highest BCUT2D eigenvalue weighted by Crippen LogP contribution is 2.21. The van der Waals surface area contributed by atoms with Crippen molar-refractivity contribution in [1.82, 2.24) is 5.32 Å². The standard InChI is InChI=1S/C41H83NO4/c1-4-6-8-10-12-14-16-18-20-22-24-26-28-30-33-40(39-46-41(43)42-35-32-36-45-38-37-44-3)34-31-29-27-25-23-21-19-17-15-13-11-9-7-5-2/h40H,4-39H2,1-3H3,(H,42,43). The van der Waals surface area contributed by atoms with Gasteiger partial charge in [-0.15, -0.1) is 0 Å². The lowest BCUT2D eigenvalue weighted by Crippen LogP contribution is -2.28. The summed E-state index contributed by atoms with van der Waals surface area (Å²) in [5.74, 6) is 0.498. The van der Waals surface area contributed by atoms with Crippen LogP contribution in [-0.4, -0.2) is 46.2 Å². The zero-order valence-electron chi connectivity index (χ0n) is 31.7. The van der Waals surface area contributed by atoms with Crippen LogP contribution in [0.25, 0.3) is 0 Å². The van der Waals surface area contributed by atoms with E-state index in [1.165, 1.54) is 193 Å². The molecule has 0 spiro atoms. The maximum absolute atomic E-state index is 12.3. The van der Waals surface area contributed by atoms with E-state index in [4.69, 9.17) is 14.2 Å². The quantitative estimate of drug-likeness (QED) is 0.0671. The van der Waals surface area contributed by atoms with Crippen LogP contribution in [0.4, 0.5) is 4.79 Å². The second-order valence-corrected chi connectivity index (χ2v) is 14.1. The molecule has 276 valence electrons. The summed E-state index contributed by atoms with van der Waals surface area (Å²) in [5.41, 5.74) is 0. The zero-order chi connectivity index (χ0) is 33.4. The van der Waals surface area contributed by atoms with Gasteiger partial charge < -0.3 is 19.5 Å². The molecule has 1 amide bonds. The van der Waals surface area contributed by atoms with Gasteiger partial charge in [0.2, 0.25) is 0 Å². The van der Waals surface area contributed by atoms with Gasteiger partial charge in [-0.2, -0.15) is 0 Å². The summed E-state index contributed by atoms with van der Waals surface area (Å²) >= 11 is 0. The minimum atomic E-state index is -0.274. The molecule has 0 rings (SSSR count). The molecule has 0 aliphatic heterocycles. The molecule has 0 aromatic carbocycles. The van der Waals surface area contributed by atoms with E-state index in [1.54, 1.807) is 7.11 Å². The van der Waals surface area contributed by atoms with Crippen LogP contribution in [0.15, 0.2) is 0 Å². The molecule has 0 radical (unpaired) electrons. The Bertz CT molecular complexity index is 541. The molecule has 5 heteroatoms. The number of unbranched alkanes of at least 4 members (excludes halogenated alkanes) is 26. The molecule has 0 fully saturated rings. The van der Waals surface area contributed by atoms with Gasteiger partial charge in [0.05, 0.1) is 19.8 Å². The van der Waals surface area contributed by atoms with E-state index in [-0.39, 0.29) is 6.09 Å². The zero-order valence-corrected chi connectivity index (χ0v) is 31.7. The van der Waals surface area contributed by atoms with Gasteiger partial charge in [0.25, 0.3) is 0 Å². The van der Waals surface area contributed by atoms with Crippen molar-refractivity contribution < 1.29 is 19.0 Å². The van der Waals surface area contributed by atoms with Crippen molar-refractivity contribution in [3.8, 4) is 0 Å². The molecule has 46 heavy (non-hydrogen) atoms. The van der Waals surface area contributed by atoms with Crippen molar-refractivity contribution in [2.75, 3.05) is 40.1 Å². The largest absolute Gasteiger partial charge is 0.449 e. The van der Waals surface area contributed by atoms with E-state index in [0.29, 0.717) is 38.9 Å². The topological polar surface area (TPSA) is 56.8 Å². The molecule has 0 atom stereocenters. The molecule has 0 saturated heterocycles. The Morgan fingerprint density at radius 3 is 1.22 bits per heavy atom. The van der Waals surface area contributed by atoms with Gasteiger partial charge in [0, 0.05) is 20.3 Å². The third-order valence-corrected chi connectivity index (χ3v) is 9.55. The first kappa shape index (κ1) is 45.2. The summed E-state index contributed by atoms with van der Waals surface area (Å²) in [6.07, 6.45) is 41.9. The Morgan fingerprint density at radius 1 is 0.478 bits per heavy atom. The Kier molecular flexibility index (Phi) is 39.7. The number of carbonyl (C=O) groups is 1. The smallest absolute Gasteiger partial charge is 0.407 e. The molecule has 0 aromatic heterocycles. The summed E-state index contributed by atoms with van der Waals surface area (Å²) in [7, 11) is 1.67. The number of alkyl carbamates (subject to hydrolysis) is 1. The Balaban J connectivity index is 4.01. The van der Waals surface area contributed by atoms with Crippen molar-refractivity contribution in [2.45, 2.75) is 213 Å². The van der Waals surface area contributed by atoms with Gasteiger partial charge >= 0.3 is 6.09 Å². The summed E-state index contributed by atoms with van der Waals surface area (Å²) in [4.78, 5) is 12.3. The fourth-order valence-electron chi connectivity index (χ4n) is 6.42. The average molecular weight is 654 g/mol. The van der Waals surface area contributed by atoms with Crippen LogP contribution in [0.5, 0.6) is 0 Å². The summed E-state index contributed by atoms with van der Waals surface area (Å²) in [5, 5.41) is 2.90. The fourth-order valence-corrected chi connectivity index (χ4v) is 6.42. The maximum atomic E-state index is 12.3. The van der Waals surface area contributed by atoms with Crippen LogP contribution in [-0.2, 0) is 14.2 Å². The van der Waals surface area contributed by atoms with Crippen LogP contribution < -0.4 is 5.32 Å². The third-order valence-electron chi connectivity index (χ3n) is 9.55. The highest BCUT2D eigenvalue weighted by atomic mass is 16.5. The van der Waals surface area contributed by atoms with Crippen LogP contribution in [0.3, 0.4) is 0 Å². The van der Waals surface area contributed by atoms with E-state index in [0.717, 1.165) is 6.42 Å². The lowest BCUT2D eigenvalue weighted by molar-refractivity contribution is 0.0689. The number of hydrogen-bond donors (Lipinski definition) is 1. The van der Waals surface area contributed by atoms with Gasteiger partial charge in [-0.05, 0) is 25.2 Å². The summed E-state index contributed by atoms with van der Waals surface area (Å²) in [6.45, 7) is 7.58. The van der Waals surface area contributed by atoms with E-state index in [2.05, 4.69) is 19.2 Å². The van der Waals surface area contributed by atoms with E-state index < -0.39 is 0 Å². The van der Waals surface area contributed by atoms with Crippen molar-refractivity contribution in [3.63, 3.8) is 0 Å². The molecular formula is C41H83NO4. The summed E-state index contributed by atoms with van der Waals surface area (Å²) in [6, 6.07) is 0. The highest BCUT2D eigenvalue weighted by molar-refractivity contribution is 5.67. The minimum absolute atomic E-state index is 0.274. The average Bonchev–Trinajstić information content (AvgIpc) is 3.06. The first-order valence-corrected chi connectivity index (χ1v) is 20.7. The summed E-state index contributed by atoms with van der Waals surface area (Å²) < 4.78 is 16.1. The van der Waals surface area contributed by atoms with Crippen LogP contribution in [0.2, 0.25) is 0 Å². The van der Waals surface area contributed by atoms with Crippen molar-refractivity contribution >= 4 is 6.09 Å². The predicted octanol–water partition coefficient (Wildman–Crippen LogP) is 13.1. The molecule has 5 nitrogen and oxygen atoms in total. The Morgan fingerprint density at radius 2 is 0.848 bits per heavy atom. The second kappa shape index (κ2) is 40.4. The minimum Gasteiger partial charge on any atom is -0.449 e. The van der Waals surface area contributed by atoms with Crippen molar-refractivity contribution in [3.05, 3.63) is 0 Å². The second-order valence-electron chi connectivity index (χ2n) is 14.1. The lowest BCUT2D eigenvalue weighted by Gasteiger charge is -2.17. The first-order chi connectivity index (χ1) is 22.7. The molecule has 0 aliphatic rings. The predicted molar refractivity (Wildman–Crippen MR) is 200 cm³/mol. The number of rotatable bonds is 39. The SMILES string of the molecule is CCCCCCCCCCCCCCCCC(CCCCCCCCCCCCCCCC)COC(=O)NCCCOCCOC. The first-order valence-electron chi connectivity index (χ1n) is 20.7. The van der Waals surface area contributed by atoms with E-state index >= 15 is 0 Å². The van der Waals surface area contributed by atoms with E-state index in [9.17, 15) is 4.79 Å². The number of methoxy groups -OCH3 is 1. The fraction of sp³-hybridized carbons (Fsp3) is 0.976. The van der Waals surface area contributed by atoms with Crippen molar-refractivity contribution in [2.24, 2.45) is 5.92 Å². The molecule has 0 unspecified atom stereocenters. The number of nitrogens with one attached hydrogen (secondary N) is 1. The van der Waals surface area contributed by atoms with Gasteiger partial charge in [0.1, 0.15) is 0 Å². The van der Waals surface area contributed by atoms with Crippen molar-refractivity contribution in [1.29, 1.82) is 0 Å².